The number of amides is 1. The summed E-state index contributed by atoms with van der Waals surface area (Å²) in [5.41, 5.74) is 0.501. The van der Waals surface area contributed by atoms with Gasteiger partial charge in [0.2, 0.25) is 15.9 Å². The molecule has 190 valence electrons. The number of benzene rings is 2. The maximum Gasteiger partial charge on any atom is 0.338 e. The number of nitrogens with one attached hydrogen (secondary N) is 1. The molecule has 1 aliphatic rings. The van der Waals surface area contributed by atoms with Crippen LogP contribution >= 0.6 is 0 Å². The first-order valence-corrected chi connectivity index (χ1v) is 12.7. The molecule has 36 heavy (non-hydrogen) atoms. The van der Waals surface area contributed by atoms with E-state index in [1.165, 1.54) is 47.6 Å². The van der Waals surface area contributed by atoms with E-state index in [0.29, 0.717) is 16.6 Å². The van der Waals surface area contributed by atoms with Crippen LogP contribution in [0.4, 0.5) is 5.69 Å². The summed E-state index contributed by atoms with van der Waals surface area (Å²) in [4.78, 5) is 36.1. The highest BCUT2D eigenvalue weighted by molar-refractivity contribution is 7.89. The van der Waals surface area contributed by atoms with Gasteiger partial charge in [0.25, 0.3) is 0 Å². The van der Waals surface area contributed by atoms with Crippen LogP contribution < -0.4 is 10.9 Å². The highest BCUT2D eigenvalue weighted by Gasteiger charge is 2.32. The lowest BCUT2D eigenvalue weighted by Gasteiger charge is -2.34. The van der Waals surface area contributed by atoms with Gasteiger partial charge in [-0.2, -0.15) is 4.31 Å². The molecule has 4 rings (SSSR count). The number of fused-ring (bicyclic) bond motifs is 1. The standard InChI is InChI=1S/C25H26N2O8S/c1-15-12-27(13-16(2)34-15)36(31,32)21-6-4-5-18(9-21)25(30)33-14-19-10-24(29)35-23-11-20(26-17(3)28)7-8-22(19)23/h4-11,15-16H,12-14H2,1-3H3,(H,26,28)/t15-,16+. The minimum Gasteiger partial charge on any atom is -0.457 e. The number of ether oxygens (including phenoxy) is 2. The van der Waals surface area contributed by atoms with Crippen LogP contribution in [0.2, 0.25) is 0 Å². The van der Waals surface area contributed by atoms with Crippen LogP contribution in [0.1, 0.15) is 36.7 Å². The fourth-order valence-electron chi connectivity index (χ4n) is 4.12. The third kappa shape index (κ3) is 5.64. The van der Waals surface area contributed by atoms with Crippen molar-refractivity contribution in [3.8, 4) is 0 Å². The Morgan fingerprint density at radius 3 is 2.50 bits per heavy atom. The van der Waals surface area contributed by atoms with Crippen LogP contribution in [0.25, 0.3) is 11.0 Å². The van der Waals surface area contributed by atoms with Gasteiger partial charge in [0.1, 0.15) is 12.2 Å². The Bertz CT molecular complexity index is 1470. The third-order valence-corrected chi connectivity index (χ3v) is 7.43. The van der Waals surface area contributed by atoms with E-state index in [1.807, 2.05) is 0 Å². The van der Waals surface area contributed by atoms with Crippen molar-refractivity contribution in [2.24, 2.45) is 0 Å². The van der Waals surface area contributed by atoms with Gasteiger partial charge in [-0.3, -0.25) is 4.79 Å². The number of esters is 1. The quantitative estimate of drug-likeness (QED) is 0.392. The molecule has 2 heterocycles. The molecule has 2 aromatic carbocycles. The molecule has 1 fully saturated rings. The van der Waals surface area contributed by atoms with Gasteiger partial charge in [0.05, 0.1) is 22.7 Å². The summed E-state index contributed by atoms with van der Waals surface area (Å²) in [5.74, 6) is -1.02. The Kier molecular flexibility index (Phi) is 7.25. The van der Waals surface area contributed by atoms with Crippen molar-refractivity contribution in [3.05, 3.63) is 70.1 Å². The Labute approximate surface area is 207 Å². The predicted molar refractivity (Wildman–Crippen MR) is 131 cm³/mol. The van der Waals surface area contributed by atoms with Gasteiger partial charge in [-0.25, -0.2) is 18.0 Å². The van der Waals surface area contributed by atoms with E-state index >= 15 is 0 Å². The largest absolute Gasteiger partial charge is 0.457 e. The van der Waals surface area contributed by atoms with Gasteiger partial charge >= 0.3 is 11.6 Å². The van der Waals surface area contributed by atoms with Crippen LogP contribution in [0.5, 0.6) is 0 Å². The first kappa shape index (κ1) is 25.5. The molecule has 0 unspecified atom stereocenters. The summed E-state index contributed by atoms with van der Waals surface area (Å²) in [6, 6.07) is 11.6. The van der Waals surface area contributed by atoms with Crippen molar-refractivity contribution < 1.29 is 31.9 Å². The van der Waals surface area contributed by atoms with Crippen LogP contribution in [-0.4, -0.2) is 49.9 Å². The number of hydrogen-bond acceptors (Lipinski definition) is 8. The number of morpholine rings is 1. The second-order valence-corrected chi connectivity index (χ2v) is 10.6. The molecule has 1 aromatic heterocycles. The lowest BCUT2D eigenvalue weighted by molar-refractivity contribution is -0.114. The van der Waals surface area contributed by atoms with Gasteiger partial charge in [-0.1, -0.05) is 6.07 Å². The number of hydrogen-bond donors (Lipinski definition) is 1. The van der Waals surface area contributed by atoms with Gasteiger partial charge < -0.3 is 19.2 Å². The molecule has 0 aliphatic carbocycles. The van der Waals surface area contributed by atoms with E-state index in [4.69, 9.17) is 13.9 Å². The molecule has 1 amide bonds. The molecule has 0 radical (unpaired) electrons. The smallest absolute Gasteiger partial charge is 0.338 e. The van der Waals surface area contributed by atoms with Gasteiger partial charge in [-0.05, 0) is 44.2 Å². The maximum atomic E-state index is 13.2. The van der Waals surface area contributed by atoms with E-state index in [9.17, 15) is 22.8 Å². The van der Waals surface area contributed by atoms with E-state index in [0.717, 1.165) is 0 Å². The number of carbonyl (C=O) groups is 2. The molecule has 10 nitrogen and oxygen atoms in total. The Hall–Kier alpha value is -3.54. The average molecular weight is 515 g/mol. The van der Waals surface area contributed by atoms with Gasteiger partial charge in [0, 0.05) is 48.8 Å². The van der Waals surface area contributed by atoms with E-state index in [-0.39, 0.29) is 53.9 Å². The van der Waals surface area contributed by atoms with E-state index in [1.54, 1.807) is 26.0 Å². The SMILES string of the molecule is CC(=O)Nc1ccc2c(COC(=O)c3cccc(S(=O)(=O)N4C[C@@H](C)O[C@@H](C)C4)c3)cc(=O)oc2c1. The van der Waals surface area contributed by atoms with Gasteiger partial charge in [-0.15, -0.1) is 0 Å². The molecule has 0 saturated carbocycles. The zero-order valence-electron chi connectivity index (χ0n) is 20.0. The molecule has 1 aliphatic heterocycles. The fourth-order valence-corrected chi connectivity index (χ4v) is 5.75. The molecule has 11 heteroatoms. The summed E-state index contributed by atoms with van der Waals surface area (Å²) in [7, 11) is -3.84. The van der Waals surface area contributed by atoms with Crippen LogP contribution in [0.15, 0.2) is 62.6 Å². The number of anilines is 1. The second kappa shape index (κ2) is 10.2. The Morgan fingerprint density at radius 2 is 1.81 bits per heavy atom. The Balaban J connectivity index is 1.53. The van der Waals surface area contributed by atoms with Crippen molar-refractivity contribution in [1.82, 2.24) is 4.31 Å². The number of nitrogens with zero attached hydrogens (tertiary/aromatic N) is 1. The minimum absolute atomic E-state index is 0.0189. The summed E-state index contributed by atoms with van der Waals surface area (Å²) in [6.07, 6.45) is -0.492. The van der Waals surface area contributed by atoms with E-state index < -0.39 is 21.6 Å². The normalized spacial score (nSPS) is 18.6. The molecule has 1 N–H and O–H groups in total. The molecular formula is C25H26N2O8S. The molecular weight excluding hydrogens is 488 g/mol. The van der Waals surface area contributed by atoms with Crippen LogP contribution in [-0.2, 0) is 30.9 Å². The lowest BCUT2D eigenvalue weighted by Crippen LogP contribution is -2.48. The minimum atomic E-state index is -3.84. The number of rotatable bonds is 6. The van der Waals surface area contributed by atoms with E-state index in [2.05, 4.69) is 5.32 Å². The predicted octanol–water partition coefficient (Wildman–Crippen LogP) is 2.91. The first-order chi connectivity index (χ1) is 17.0. The molecule has 0 spiro atoms. The third-order valence-electron chi connectivity index (χ3n) is 5.60. The molecule has 0 bridgehead atoms. The number of sulfonamides is 1. The summed E-state index contributed by atoms with van der Waals surface area (Å²) in [5, 5.41) is 3.14. The Morgan fingerprint density at radius 1 is 1.08 bits per heavy atom. The molecule has 2 atom stereocenters. The average Bonchev–Trinajstić information content (AvgIpc) is 2.81. The second-order valence-electron chi connectivity index (χ2n) is 8.67. The van der Waals surface area contributed by atoms with Crippen molar-refractivity contribution in [1.29, 1.82) is 0 Å². The zero-order chi connectivity index (χ0) is 26.0. The highest BCUT2D eigenvalue weighted by Crippen LogP contribution is 2.24. The zero-order valence-corrected chi connectivity index (χ0v) is 20.8. The summed E-state index contributed by atoms with van der Waals surface area (Å²) >= 11 is 0. The van der Waals surface area contributed by atoms with Gasteiger partial charge in [0.15, 0.2) is 0 Å². The van der Waals surface area contributed by atoms with Crippen LogP contribution in [0, 0.1) is 0 Å². The summed E-state index contributed by atoms with van der Waals surface area (Å²) in [6.45, 7) is 5.17. The topological polar surface area (TPSA) is 132 Å². The maximum absolute atomic E-state index is 13.2. The number of carbonyl (C=O) groups excluding carboxylic acids is 2. The summed E-state index contributed by atoms with van der Waals surface area (Å²) < 4.78 is 43.9. The van der Waals surface area contributed by atoms with Crippen molar-refractivity contribution in [2.75, 3.05) is 18.4 Å². The van der Waals surface area contributed by atoms with Crippen LogP contribution in [0.3, 0.4) is 0 Å². The lowest BCUT2D eigenvalue weighted by atomic mass is 10.1. The molecule has 1 saturated heterocycles. The van der Waals surface area contributed by atoms with Crippen molar-refractivity contribution in [2.45, 2.75) is 44.5 Å². The highest BCUT2D eigenvalue weighted by atomic mass is 32.2. The van der Waals surface area contributed by atoms with Crippen molar-refractivity contribution in [3.63, 3.8) is 0 Å². The molecule has 3 aromatic rings. The first-order valence-electron chi connectivity index (χ1n) is 11.3. The fraction of sp³-hybridized carbons (Fsp3) is 0.320. The van der Waals surface area contributed by atoms with Crippen molar-refractivity contribution >= 4 is 38.6 Å². The monoisotopic (exact) mass is 514 g/mol.